The van der Waals surface area contributed by atoms with Crippen molar-refractivity contribution in [3.8, 4) is 0 Å². The van der Waals surface area contributed by atoms with Crippen molar-refractivity contribution in [2.24, 2.45) is 7.05 Å². The fourth-order valence-corrected chi connectivity index (χ4v) is 4.02. The number of anilines is 1. The molecular formula is C15H17N5S. The Balaban J connectivity index is 1.73. The average molecular weight is 299 g/mol. The predicted octanol–water partition coefficient (Wildman–Crippen LogP) is 3.16. The van der Waals surface area contributed by atoms with Crippen LogP contribution >= 0.6 is 11.3 Å². The van der Waals surface area contributed by atoms with Gasteiger partial charge in [-0.2, -0.15) is 5.10 Å². The molecule has 5 nitrogen and oxygen atoms in total. The highest BCUT2D eigenvalue weighted by Crippen LogP contribution is 2.38. The van der Waals surface area contributed by atoms with E-state index in [0.717, 1.165) is 17.2 Å². The van der Waals surface area contributed by atoms with E-state index in [0.29, 0.717) is 6.04 Å². The van der Waals surface area contributed by atoms with Gasteiger partial charge < -0.3 is 4.90 Å². The van der Waals surface area contributed by atoms with Gasteiger partial charge >= 0.3 is 0 Å². The third-order valence-electron chi connectivity index (χ3n) is 4.04. The minimum absolute atomic E-state index is 0.390. The van der Waals surface area contributed by atoms with Crippen LogP contribution in [0.25, 0.3) is 10.2 Å². The number of piperidine rings is 1. The molecule has 1 aliphatic heterocycles. The number of hydrogen-bond donors (Lipinski definition) is 0. The normalized spacial score (nSPS) is 19.3. The largest absolute Gasteiger partial charge is 0.341 e. The molecule has 4 heterocycles. The number of aryl methyl sites for hydroxylation is 1. The zero-order valence-electron chi connectivity index (χ0n) is 11.9. The third-order valence-corrected chi connectivity index (χ3v) is 5.11. The molecule has 6 heteroatoms. The van der Waals surface area contributed by atoms with Gasteiger partial charge in [-0.25, -0.2) is 4.98 Å². The SMILES string of the molecule is Cn1cc(C2CCCCN2c2nc3cnccc3s2)cn1. The Hall–Kier alpha value is -1.95. The molecule has 4 rings (SSSR count). The van der Waals surface area contributed by atoms with Crippen molar-refractivity contribution in [1.82, 2.24) is 19.7 Å². The predicted molar refractivity (Wildman–Crippen MR) is 84.6 cm³/mol. The molecule has 0 saturated carbocycles. The van der Waals surface area contributed by atoms with Gasteiger partial charge in [0.05, 0.1) is 23.1 Å². The fourth-order valence-electron chi connectivity index (χ4n) is 3.01. The maximum atomic E-state index is 4.77. The summed E-state index contributed by atoms with van der Waals surface area (Å²) >= 11 is 1.76. The lowest BCUT2D eigenvalue weighted by atomic mass is 9.98. The quantitative estimate of drug-likeness (QED) is 0.729. The van der Waals surface area contributed by atoms with Crippen LogP contribution in [0.1, 0.15) is 30.9 Å². The van der Waals surface area contributed by atoms with Gasteiger partial charge in [0.2, 0.25) is 0 Å². The second-order valence-corrected chi connectivity index (χ2v) is 6.50. The average Bonchev–Trinajstić information content (AvgIpc) is 3.13. The monoisotopic (exact) mass is 299 g/mol. The van der Waals surface area contributed by atoms with Gasteiger partial charge in [-0.15, -0.1) is 0 Å². The molecule has 0 aliphatic carbocycles. The molecule has 0 spiro atoms. The Kier molecular flexibility index (Phi) is 3.11. The number of rotatable bonds is 2. The van der Waals surface area contributed by atoms with Crippen molar-refractivity contribution < 1.29 is 0 Å². The molecule has 3 aromatic rings. The molecule has 0 radical (unpaired) electrons. The number of thiazole rings is 1. The molecule has 108 valence electrons. The molecule has 0 aromatic carbocycles. The number of nitrogens with zero attached hydrogens (tertiary/aromatic N) is 5. The lowest BCUT2D eigenvalue weighted by molar-refractivity contribution is 0.472. The first-order chi connectivity index (χ1) is 10.3. The van der Waals surface area contributed by atoms with E-state index in [2.05, 4.69) is 21.2 Å². The van der Waals surface area contributed by atoms with Crippen molar-refractivity contribution in [1.29, 1.82) is 0 Å². The van der Waals surface area contributed by atoms with Crippen LogP contribution in [-0.4, -0.2) is 26.3 Å². The van der Waals surface area contributed by atoms with Crippen LogP contribution in [0.4, 0.5) is 5.13 Å². The highest BCUT2D eigenvalue weighted by atomic mass is 32.1. The summed E-state index contributed by atoms with van der Waals surface area (Å²) in [6, 6.07) is 2.43. The number of hydrogen-bond acceptors (Lipinski definition) is 5. The summed E-state index contributed by atoms with van der Waals surface area (Å²) < 4.78 is 3.08. The Bertz CT molecular complexity index is 729. The van der Waals surface area contributed by atoms with Gasteiger partial charge in [-0.3, -0.25) is 9.67 Å². The highest BCUT2D eigenvalue weighted by molar-refractivity contribution is 7.22. The van der Waals surface area contributed by atoms with Crippen LogP contribution < -0.4 is 4.90 Å². The van der Waals surface area contributed by atoms with E-state index in [4.69, 9.17) is 4.98 Å². The minimum atomic E-state index is 0.390. The van der Waals surface area contributed by atoms with Crippen molar-refractivity contribution >= 4 is 26.7 Å². The van der Waals surface area contributed by atoms with Gasteiger partial charge in [0.25, 0.3) is 0 Å². The van der Waals surface area contributed by atoms with Crippen LogP contribution in [-0.2, 0) is 7.05 Å². The van der Waals surface area contributed by atoms with Crippen molar-refractivity contribution in [3.63, 3.8) is 0 Å². The summed E-state index contributed by atoms with van der Waals surface area (Å²) in [6.45, 7) is 1.06. The minimum Gasteiger partial charge on any atom is -0.341 e. The molecular weight excluding hydrogens is 282 g/mol. The Labute approximate surface area is 127 Å². The van der Waals surface area contributed by atoms with E-state index < -0.39 is 0 Å². The number of pyridine rings is 1. The first kappa shape index (κ1) is 12.8. The maximum absolute atomic E-state index is 4.77. The van der Waals surface area contributed by atoms with Crippen molar-refractivity contribution in [3.05, 3.63) is 36.4 Å². The summed E-state index contributed by atoms with van der Waals surface area (Å²) in [4.78, 5) is 11.4. The summed E-state index contributed by atoms with van der Waals surface area (Å²) in [6.07, 6.45) is 11.4. The van der Waals surface area contributed by atoms with Crippen LogP contribution in [0.15, 0.2) is 30.9 Å². The molecule has 21 heavy (non-hydrogen) atoms. The van der Waals surface area contributed by atoms with Gasteiger partial charge in [0, 0.05) is 31.5 Å². The molecule has 1 saturated heterocycles. The zero-order chi connectivity index (χ0) is 14.2. The number of aromatic nitrogens is 4. The molecule has 0 N–H and O–H groups in total. The smallest absolute Gasteiger partial charge is 0.187 e. The highest BCUT2D eigenvalue weighted by Gasteiger charge is 2.27. The lowest BCUT2D eigenvalue weighted by Gasteiger charge is -2.35. The van der Waals surface area contributed by atoms with Crippen molar-refractivity contribution in [2.45, 2.75) is 25.3 Å². The van der Waals surface area contributed by atoms with E-state index in [1.54, 1.807) is 11.3 Å². The van der Waals surface area contributed by atoms with E-state index in [1.807, 2.05) is 36.4 Å². The van der Waals surface area contributed by atoms with Crippen LogP contribution in [0.5, 0.6) is 0 Å². The molecule has 0 bridgehead atoms. The molecule has 1 unspecified atom stereocenters. The summed E-state index contributed by atoms with van der Waals surface area (Å²) in [7, 11) is 1.97. The van der Waals surface area contributed by atoms with E-state index >= 15 is 0 Å². The Morgan fingerprint density at radius 1 is 1.29 bits per heavy atom. The maximum Gasteiger partial charge on any atom is 0.187 e. The summed E-state index contributed by atoms with van der Waals surface area (Å²) in [5.41, 5.74) is 2.28. The molecule has 1 aliphatic rings. The van der Waals surface area contributed by atoms with Crippen molar-refractivity contribution in [2.75, 3.05) is 11.4 Å². The second kappa shape index (κ2) is 5.11. The van der Waals surface area contributed by atoms with Crippen LogP contribution in [0.2, 0.25) is 0 Å². The zero-order valence-corrected chi connectivity index (χ0v) is 12.8. The van der Waals surface area contributed by atoms with Gasteiger partial charge in [-0.1, -0.05) is 11.3 Å². The summed E-state index contributed by atoms with van der Waals surface area (Å²) in [5, 5.41) is 5.43. The topological polar surface area (TPSA) is 46.8 Å². The number of fused-ring (bicyclic) bond motifs is 1. The van der Waals surface area contributed by atoms with Gasteiger partial charge in [0.15, 0.2) is 5.13 Å². The van der Waals surface area contributed by atoms with E-state index in [9.17, 15) is 0 Å². The van der Waals surface area contributed by atoms with Crippen LogP contribution in [0, 0.1) is 0 Å². The lowest BCUT2D eigenvalue weighted by Crippen LogP contribution is -2.33. The summed E-state index contributed by atoms with van der Waals surface area (Å²) in [5.74, 6) is 0. The Morgan fingerprint density at radius 2 is 2.24 bits per heavy atom. The first-order valence-corrected chi connectivity index (χ1v) is 8.08. The molecule has 0 amide bonds. The van der Waals surface area contributed by atoms with E-state index in [1.165, 1.54) is 29.5 Å². The third kappa shape index (κ3) is 2.29. The Morgan fingerprint density at radius 3 is 3.05 bits per heavy atom. The molecule has 1 atom stereocenters. The molecule has 3 aromatic heterocycles. The second-order valence-electron chi connectivity index (χ2n) is 5.49. The molecule has 1 fully saturated rings. The van der Waals surface area contributed by atoms with Gasteiger partial charge in [0.1, 0.15) is 5.52 Å². The van der Waals surface area contributed by atoms with Gasteiger partial charge in [-0.05, 0) is 25.3 Å². The van der Waals surface area contributed by atoms with E-state index in [-0.39, 0.29) is 0 Å². The van der Waals surface area contributed by atoms with Crippen LogP contribution in [0.3, 0.4) is 0 Å². The fraction of sp³-hybridized carbons (Fsp3) is 0.400. The standard InChI is InChI=1S/C15H17N5S/c1-19-10-11(8-17-19)13-4-2-3-7-20(13)15-18-12-9-16-6-5-14(12)21-15/h5-6,8-10,13H,2-4,7H2,1H3. The first-order valence-electron chi connectivity index (χ1n) is 7.27.